The highest BCUT2D eigenvalue weighted by Crippen LogP contribution is 2.30. The maximum absolute atomic E-state index is 13.0. The standard InChI is InChI=1S/C20H22Cl2N2O4S/c1-28-19-9-8-17(11-18(19)22)29(26,27)24-10-2-3-15(13-24)20(25)23-12-14-4-6-16(21)7-5-14/h4-9,11,15H,2-3,10,12-13H2,1H3,(H,23,25). The van der Waals surface area contributed by atoms with Crippen molar-refractivity contribution in [2.45, 2.75) is 24.3 Å². The van der Waals surface area contributed by atoms with Crippen molar-refractivity contribution in [3.05, 3.63) is 58.1 Å². The molecule has 0 bridgehead atoms. The third kappa shape index (κ3) is 5.22. The minimum atomic E-state index is -3.75. The molecule has 1 unspecified atom stereocenters. The average molecular weight is 457 g/mol. The molecular formula is C20H22Cl2N2O4S. The Morgan fingerprint density at radius 2 is 1.93 bits per heavy atom. The van der Waals surface area contributed by atoms with Crippen LogP contribution in [-0.4, -0.2) is 38.8 Å². The molecule has 2 aromatic rings. The molecule has 1 fully saturated rings. The van der Waals surface area contributed by atoms with E-state index in [9.17, 15) is 13.2 Å². The average Bonchev–Trinajstić information content (AvgIpc) is 2.73. The molecule has 1 saturated heterocycles. The number of methoxy groups -OCH3 is 1. The Morgan fingerprint density at radius 3 is 2.59 bits per heavy atom. The first-order valence-electron chi connectivity index (χ1n) is 9.17. The third-order valence-corrected chi connectivity index (χ3v) is 7.30. The van der Waals surface area contributed by atoms with Gasteiger partial charge >= 0.3 is 0 Å². The van der Waals surface area contributed by atoms with Gasteiger partial charge in [0.25, 0.3) is 0 Å². The van der Waals surface area contributed by atoms with Crippen molar-refractivity contribution >= 4 is 39.1 Å². The number of amides is 1. The Balaban J connectivity index is 1.66. The third-order valence-electron chi connectivity index (χ3n) is 4.90. The number of nitrogens with one attached hydrogen (secondary N) is 1. The van der Waals surface area contributed by atoms with Crippen LogP contribution >= 0.6 is 23.2 Å². The highest BCUT2D eigenvalue weighted by molar-refractivity contribution is 7.89. The van der Waals surface area contributed by atoms with Crippen LogP contribution in [0.2, 0.25) is 10.0 Å². The molecule has 0 aliphatic carbocycles. The minimum Gasteiger partial charge on any atom is -0.495 e. The highest BCUT2D eigenvalue weighted by atomic mass is 35.5. The highest BCUT2D eigenvalue weighted by Gasteiger charge is 2.33. The smallest absolute Gasteiger partial charge is 0.243 e. The van der Waals surface area contributed by atoms with Crippen molar-refractivity contribution < 1.29 is 17.9 Å². The molecule has 0 aromatic heterocycles. The number of halogens is 2. The summed E-state index contributed by atoms with van der Waals surface area (Å²) in [6, 6.07) is 11.6. The topological polar surface area (TPSA) is 75.7 Å². The molecule has 1 atom stereocenters. The fourth-order valence-corrected chi connectivity index (χ4v) is 5.27. The number of ether oxygens (including phenoxy) is 1. The Hall–Kier alpha value is -1.80. The quantitative estimate of drug-likeness (QED) is 0.718. The Morgan fingerprint density at radius 1 is 1.21 bits per heavy atom. The van der Waals surface area contributed by atoms with Gasteiger partial charge in [0.05, 0.1) is 22.9 Å². The number of nitrogens with zero attached hydrogens (tertiary/aromatic N) is 1. The van der Waals surface area contributed by atoms with Crippen molar-refractivity contribution in [3.8, 4) is 5.75 Å². The summed E-state index contributed by atoms with van der Waals surface area (Å²) >= 11 is 11.9. The summed E-state index contributed by atoms with van der Waals surface area (Å²) in [6.07, 6.45) is 1.25. The van der Waals surface area contributed by atoms with E-state index in [0.29, 0.717) is 36.7 Å². The summed E-state index contributed by atoms with van der Waals surface area (Å²) in [5.74, 6) is -0.157. The summed E-state index contributed by atoms with van der Waals surface area (Å²) in [4.78, 5) is 12.7. The first-order valence-corrected chi connectivity index (χ1v) is 11.4. The zero-order valence-corrected chi connectivity index (χ0v) is 18.2. The van der Waals surface area contributed by atoms with Crippen molar-refractivity contribution in [2.24, 2.45) is 5.92 Å². The number of hydrogen-bond acceptors (Lipinski definition) is 4. The van der Waals surface area contributed by atoms with Crippen molar-refractivity contribution in [1.29, 1.82) is 0 Å². The molecule has 156 valence electrons. The van der Waals surface area contributed by atoms with Gasteiger partial charge in [0.2, 0.25) is 15.9 Å². The zero-order valence-electron chi connectivity index (χ0n) is 15.9. The molecule has 29 heavy (non-hydrogen) atoms. The van der Waals surface area contributed by atoms with Gasteiger partial charge in [-0.2, -0.15) is 4.31 Å². The fraction of sp³-hybridized carbons (Fsp3) is 0.350. The molecular weight excluding hydrogens is 435 g/mol. The number of carbonyl (C=O) groups excluding carboxylic acids is 1. The summed E-state index contributed by atoms with van der Waals surface area (Å²) in [5, 5.41) is 3.74. The molecule has 1 amide bonds. The summed E-state index contributed by atoms with van der Waals surface area (Å²) in [7, 11) is -2.28. The molecule has 2 aromatic carbocycles. The second-order valence-electron chi connectivity index (χ2n) is 6.84. The van der Waals surface area contributed by atoms with E-state index in [4.69, 9.17) is 27.9 Å². The van der Waals surface area contributed by atoms with E-state index < -0.39 is 15.9 Å². The SMILES string of the molecule is COc1ccc(S(=O)(=O)N2CCCC(C(=O)NCc3ccc(Cl)cc3)C2)cc1Cl. The van der Waals surface area contributed by atoms with Crippen LogP contribution < -0.4 is 10.1 Å². The first kappa shape index (κ1) is 21.9. The van der Waals surface area contributed by atoms with Gasteiger partial charge < -0.3 is 10.1 Å². The van der Waals surface area contributed by atoms with E-state index in [2.05, 4.69) is 5.32 Å². The van der Waals surface area contributed by atoms with Gasteiger partial charge in [0.1, 0.15) is 5.75 Å². The number of rotatable bonds is 6. The molecule has 0 saturated carbocycles. The monoisotopic (exact) mass is 456 g/mol. The van der Waals surface area contributed by atoms with E-state index in [-0.39, 0.29) is 22.4 Å². The number of sulfonamides is 1. The van der Waals surface area contributed by atoms with Crippen molar-refractivity contribution in [1.82, 2.24) is 9.62 Å². The van der Waals surface area contributed by atoms with Crippen molar-refractivity contribution in [3.63, 3.8) is 0 Å². The summed E-state index contributed by atoms with van der Waals surface area (Å²) in [5.41, 5.74) is 0.927. The lowest BCUT2D eigenvalue weighted by Gasteiger charge is -2.31. The maximum Gasteiger partial charge on any atom is 0.243 e. The second-order valence-corrected chi connectivity index (χ2v) is 9.62. The van der Waals surface area contributed by atoms with E-state index >= 15 is 0 Å². The van der Waals surface area contributed by atoms with Crippen LogP contribution in [0.15, 0.2) is 47.4 Å². The van der Waals surface area contributed by atoms with Crippen LogP contribution in [0.5, 0.6) is 5.75 Å². The summed E-state index contributed by atoms with van der Waals surface area (Å²) < 4.78 is 32.4. The van der Waals surface area contributed by atoms with Crippen LogP contribution in [0.1, 0.15) is 18.4 Å². The molecule has 1 N–H and O–H groups in total. The van der Waals surface area contributed by atoms with E-state index in [0.717, 1.165) is 5.56 Å². The lowest BCUT2D eigenvalue weighted by atomic mass is 9.99. The molecule has 0 radical (unpaired) electrons. The summed E-state index contributed by atoms with van der Waals surface area (Å²) in [6.45, 7) is 0.874. The number of hydrogen-bond donors (Lipinski definition) is 1. The van der Waals surface area contributed by atoms with Crippen LogP contribution in [0.3, 0.4) is 0 Å². The molecule has 1 heterocycles. The molecule has 1 aliphatic rings. The second kappa shape index (κ2) is 9.34. The van der Waals surface area contributed by atoms with Gasteiger partial charge in [-0.05, 0) is 48.7 Å². The zero-order chi connectivity index (χ0) is 21.0. The molecule has 6 nitrogen and oxygen atoms in total. The van der Waals surface area contributed by atoms with Crippen LogP contribution in [-0.2, 0) is 21.4 Å². The van der Waals surface area contributed by atoms with Gasteiger partial charge in [0, 0.05) is 24.7 Å². The van der Waals surface area contributed by atoms with Gasteiger partial charge in [-0.3, -0.25) is 4.79 Å². The molecule has 0 spiro atoms. The van der Waals surface area contributed by atoms with Gasteiger partial charge in [-0.15, -0.1) is 0 Å². The Kier molecular flexibility index (Phi) is 7.05. The number of carbonyl (C=O) groups is 1. The van der Waals surface area contributed by atoms with Crippen LogP contribution in [0.4, 0.5) is 0 Å². The number of piperidine rings is 1. The first-order chi connectivity index (χ1) is 13.8. The predicted octanol–water partition coefficient (Wildman–Crippen LogP) is 3.72. The van der Waals surface area contributed by atoms with E-state index in [1.54, 1.807) is 12.1 Å². The van der Waals surface area contributed by atoms with Crippen LogP contribution in [0.25, 0.3) is 0 Å². The molecule has 3 rings (SSSR count). The van der Waals surface area contributed by atoms with E-state index in [1.165, 1.54) is 29.6 Å². The predicted molar refractivity (Wildman–Crippen MR) is 113 cm³/mol. The lowest BCUT2D eigenvalue weighted by Crippen LogP contribution is -2.45. The largest absolute Gasteiger partial charge is 0.495 e. The van der Waals surface area contributed by atoms with Gasteiger partial charge in [0.15, 0.2) is 0 Å². The van der Waals surface area contributed by atoms with Gasteiger partial charge in [-0.1, -0.05) is 35.3 Å². The normalized spacial score (nSPS) is 17.7. The maximum atomic E-state index is 13.0. The van der Waals surface area contributed by atoms with E-state index in [1.807, 2.05) is 12.1 Å². The van der Waals surface area contributed by atoms with Crippen molar-refractivity contribution in [2.75, 3.05) is 20.2 Å². The molecule has 1 aliphatic heterocycles. The number of benzene rings is 2. The lowest BCUT2D eigenvalue weighted by molar-refractivity contribution is -0.126. The van der Waals surface area contributed by atoms with Crippen LogP contribution in [0, 0.1) is 5.92 Å². The Labute approximate surface area is 180 Å². The molecule has 9 heteroatoms. The van der Waals surface area contributed by atoms with Gasteiger partial charge in [-0.25, -0.2) is 8.42 Å². The fourth-order valence-electron chi connectivity index (χ4n) is 3.27. The Bertz CT molecular complexity index is 980. The minimum absolute atomic E-state index is 0.0884.